The van der Waals surface area contributed by atoms with Crippen LogP contribution in [-0.4, -0.2) is 14.8 Å². The average molecular weight is 204 g/mol. The van der Waals surface area contributed by atoms with E-state index in [-0.39, 0.29) is 12.1 Å². The molecule has 2 heterocycles. The van der Waals surface area contributed by atoms with Gasteiger partial charge in [0, 0.05) is 31.5 Å². The van der Waals surface area contributed by atoms with E-state index in [0.717, 1.165) is 11.3 Å². The minimum absolute atomic E-state index is 0.0867. The minimum atomic E-state index is -0.0867. The van der Waals surface area contributed by atoms with Crippen LogP contribution in [0, 0.1) is 0 Å². The first-order chi connectivity index (χ1) is 7.24. The molecule has 0 radical (unpaired) electrons. The van der Waals surface area contributed by atoms with Gasteiger partial charge in [-0.3, -0.25) is 19.6 Å². The van der Waals surface area contributed by atoms with Gasteiger partial charge in [-0.2, -0.15) is 0 Å². The van der Waals surface area contributed by atoms with Crippen LogP contribution in [-0.2, 0) is 13.6 Å². The minimum Gasteiger partial charge on any atom is -0.326 e. The topological polar surface area (TPSA) is 76.7 Å². The summed E-state index contributed by atoms with van der Waals surface area (Å²) in [5.74, 6) is 0. The van der Waals surface area contributed by atoms with Gasteiger partial charge in [0.15, 0.2) is 0 Å². The second-order valence-corrected chi connectivity index (χ2v) is 3.28. The summed E-state index contributed by atoms with van der Waals surface area (Å²) in [5.41, 5.74) is 7.67. The van der Waals surface area contributed by atoms with E-state index in [2.05, 4.69) is 10.1 Å². The fourth-order valence-electron chi connectivity index (χ4n) is 1.53. The molecular weight excluding hydrogens is 192 g/mol. The number of aryl methyl sites for hydroxylation is 1. The summed E-state index contributed by atoms with van der Waals surface area (Å²) in [4.78, 5) is 15.6. The van der Waals surface area contributed by atoms with Gasteiger partial charge >= 0.3 is 0 Å². The SMILES string of the molecule is Cn1[nH]c(-c2cccnc2)c(CN)c1=O. The van der Waals surface area contributed by atoms with Gasteiger partial charge in [0.1, 0.15) is 0 Å². The Morgan fingerprint density at radius 2 is 2.40 bits per heavy atom. The molecule has 0 aliphatic carbocycles. The summed E-state index contributed by atoms with van der Waals surface area (Å²) >= 11 is 0. The maximum absolute atomic E-state index is 11.6. The van der Waals surface area contributed by atoms with Crippen molar-refractivity contribution in [3.8, 4) is 11.3 Å². The smallest absolute Gasteiger partial charge is 0.271 e. The lowest BCUT2D eigenvalue weighted by atomic mass is 10.1. The Morgan fingerprint density at radius 1 is 1.60 bits per heavy atom. The van der Waals surface area contributed by atoms with Crippen LogP contribution >= 0.6 is 0 Å². The third-order valence-corrected chi connectivity index (χ3v) is 2.30. The van der Waals surface area contributed by atoms with Crippen molar-refractivity contribution in [3.05, 3.63) is 40.4 Å². The summed E-state index contributed by atoms with van der Waals surface area (Å²) in [6.07, 6.45) is 3.39. The number of hydrogen-bond donors (Lipinski definition) is 2. The normalized spacial score (nSPS) is 10.5. The van der Waals surface area contributed by atoms with Gasteiger partial charge in [0.2, 0.25) is 0 Å². The van der Waals surface area contributed by atoms with E-state index in [1.165, 1.54) is 4.68 Å². The van der Waals surface area contributed by atoms with Crippen LogP contribution in [0.1, 0.15) is 5.56 Å². The molecule has 0 aliphatic heterocycles. The fourth-order valence-corrected chi connectivity index (χ4v) is 1.53. The van der Waals surface area contributed by atoms with E-state index in [1.54, 1.807) is 19.4 Å². The van der Waals surface area contributed by atoms with Gasteiger partial charge in [0.25, 0.3) is 5.56 Å². The molecule has 2 aromatic rings. The molecule has 2 rings (SSSR count). The molecule has 0 unspecified atom stereocenters. The first-order valence-corrected chi connectivity index (χ1v) is 4.62. The standard InChI is InChI=1S/C10H12N4O/c1-14-10(15)8(5-11)9(13-14)7-3-2-4-12-6-7/h2-4,6,13H,5,11H2,1H3. The predicted octanol–water partition coefficient (Wildman–Crippen LogP) is 0.234. The number of hydrogen-bond acceptors (Lipinski definition) is 3. The first kappa shape index (κ1) is 9.67. The fraction of sp³-hybridized carbons (Fsp3) is 0.200. The van der Waals surface area contributed by atoms with E-state index in [9.17, 15) is 4.79 Å². The molecule has 0 fully saturated rings. The van der Waals surface area contributed by atoms with Crippen molar-refractivity contribution >= 4 is 0 Å². The van der Waals surface area contributed by atoms with E-state index >= 15 is 0 Å². The van der Waals surface area contributed by atoms with Gasteiger partial charge in [-0.1, -0.05) is 0 Å². The second kappa shape index (κ2) is 3.70. The summed E-state index contributed by atoms with van der Waals surface area (Å²) in [6, 6.07) is 3.71. The number of nitrogens with zero attached hydrogens (tertiary/aromatic N) is 2. The van der Waals surface area contributed by atoms with Crippen molar-refractivity contribution in [2.45, 2.75) is 6.54 Å². The highest BCUT2D eigenvalue weighted by Gasteiger charge is 2.11. The highest BCUT2D eigenvalue weighted by molar-refractivity contribution is 5.61. The molecule has 5 heteroatoms. The molecule has 0 amide bonds. The van der Waals surface area contributed by atoms with Crippen molar-refractivity contribution in [3.63, 3.8) is 0 Å². The van der Waals surface area contributed by atoms with Crippen LogP contribution in [0.3, 0.4) is 0 Å². The van der Waals surface area contributed by atoms with Crippen LogP contribution < -0.4 is 11.3 Å². The molecule has 0 atom stereocenters. The molecule has 15 heavy (non-hydrogen) atoms. The molecule has 0 bridgehead atoms. The maximum atomic E-state index is 11.6. The second-order valence-electron chi connectivity index (χ2n) is 3.28. The van der Waals surface area contributed by atoms with E-state index in [0.29, 0.717) is 5.56 Å². The van der Waals surface area contributed by atoms with Gasteiger partial charge in [-0.15, -0.1) is 0 Å². The molecule has 0 aliphatic rings. The van der Waals surface area contributed by atoms with Crippen molar-refractivity contribution in [2.75, 3.05) is 0 Å². The Labute approximate surface area is 86.5 Å². The van der Waals surface area contributed by atoms with E-state index in [4.69, 9.17) is 5.73 Å². The molecule has 78 valence electrons. The van der Waals surface area contributed by atoms with Crippen LogP contribution in [0.15, 0.2) is 29.3 Å². The number of H-pyrrole nitrogens is 1. The summed E-state index contributed by atoms with van der Waals surface area (Å²) < 4.78 is 1.42. The largest absolute Gasteiger partial charge is 0.326 e. The quantitative estimate of drug-likeness (QED) is 0.735. The van der Waals surface area contributed by atoms with Gasteiger partial charge in [0.05, 0.1) is 11.3 Å². The molecule has 0 aromatic carbocycles. The Kier molecular flexibility index (Phi) is 2.39. The molecule has 0 saturated heterocycles. The molecule has 0 saturated carbocycles. The van der Waals surface area contributed by atoms with Crippen LogP contribution in [0.25, 0.3) is 11.3 Å². The summed E-state index contributed by atoms with van der Waals surface area (Å²) in [6.45, 7) is 0.223. The molecular formula is C10H12N4O. The number of pyridine rings is 1. The lowest BCUT2D eigenvalue weighted by Gasteiger charge is -1.98. The molecule has 5 nitrogen and oxygen atoms in total. The predicted molar refractivity (Wildman–Crippen MR) is 57.2 cm³/mol. The van der Waals surface area contributed by atoms with Gasteiger partial charge in [-0.05, 0) is 12.1 Å². The zero-order chi connectivity index (χ0) is 10.8. The number of nitrogens with one attached hydrogen (secondary N) is 1. The van der Waals surface area contributed by atoms with E-state index < -0.39 is 0 Å². The van der Waals surface area contributed by atoms with Crippen molar-refractivity contribution < 1.29 is 0 Å². The number of nitrogens with two attached hydrogens (primary N) is 1. The third-order valence-electron chi connectivity index (χ3n) is 2.30. The number of rotatable bonds is 2. The van der Waals surface area contributed by atoms with Gasteiger partial charge in [-0.25, -0.2) is 0 Å². The molecule has 2 aromatic heterocycles. The zero-order valence-corrected chi connectivity index (χ0v) is 8.40. The van der Waals surface area contributed by atoms with Crippen LogP contribution in [0.4, 0.5) is 0 Å². The Morgan fingerprint density at radius 3 is 3.00 bits per heavy atom. The lowest BCUT2D eigenvalue weighted by molar-refractivity contribution is 0.739. The third kappa shape index (κ3) is 1.57. The number of aromatic amines is 1. The lowest BCUT2D eigenvalue weighted by Crippen LogP contribution is -2.17. The van der Waals surface area contributed by atoms with Crippen LogP contribution in [0.5, 0.6) is 0 Å². The molecule has 0 spiro atoms. The summed E-state index contributed by atoms with van der Waals surface area (Å²) in [5, 5.41) is 2.96. The Bertz CT molecular complexity index is 512. The van der Waals surface area contributed by atoms with E-state index in [1.807, 2.05) is 12.1 Å². The monoisotopic (exact) mass is 204 g/mol. The van der Waals surface area contributed by atoms with Gasteiger partial charge < -0.3 is 5.73 Å². The average Bonchev–Trinajstić information content (AvgIpc) is 2.56. The van der Waals surface area contributed by atoms with Crippen molar-refractivity contribution in [1.82, 2.24) is 14.8 Å². The van der Waals surface area contributed by atoms with Crippen LogP contribution in [0.2, 0.25) is 0 Å². The maximum Gasteiger partial charge on any atom is 0.271 e. The zero-order valence-electron chi connectivity index (χ0n) is 8.40. The Hall–Kier alpha value is -1.88. The van der Waals surface area contributed by atoms with Crippen molar-refractivity contribution in [1.29, 1.82) is 0 Å². The van der Waals surface area contributed by atoms with Crippen molar-refractivity contribution in [2.24, 2.45) is 12.8 Å². The Balaban J connectivity index is 2.64. The molecule has 3 N–H and O–H groups in total. The summed E-state index contributed by atoms with van der Waals surface area (Å²) in [7, 11) is 1.67. The highest BCUT2D eigenvalue weighted by atomic mass is 16.1. The highest BCUT2D eigenvalue weighted by Crippen LogP contribution is 2.17. The number of aromatic nitrogens is 3. The first-order valence-electron chi connectivity index (χ1n) is 4.62.